The van der Waals surface area contributed by atoms with Crippen molar-refractivity contribution in [2.45, 2.75) is 51.1 Å². The highest BCUT2D eigenvalue weighted by molar-refractivity contribution is 5.90. The highest BCUT2D eigenvalue weighted by Crippen LogP contribution is 2.27. The number of nitrogens with zero attached hydrogens (tertiary/aromatic N) is 3. The number of cyclic esters (lactones) is 1. The fourth-order valence-corrected chi connectivity index (χ4v) is 4.66. The van der Waals surface area contributed by atoms with E-state index in [2.05, 4.69) is 16.7 Å². The molecule has 0 radical (unpaired) electrons. The van der Waals surface area contributed by atoms with E-state index in [4.69, 9.17) is 9.47 Å². The largest absolute Gasteiger partial charge is 0.494 e. The Bertz CT molecular complexity index is 645. The van der Waals surface area contributed by atoms with Crippen LogP contribution in [0.3, 0.4) is 0 Å². The molecule has 3 aliphatic heterocycles. The average Bonchev–Trinajstić information content (AvgIpc) is 3.43. The van der Waals surface area contributed by atoms with Crippen LogP contribution in [0.15, 0.2) is 24.3 Å². The lowest BCUT2D eigenvalue weighted by atomic mass is 10.2. The molecule has 4 rings (SSSR count). The van der Waals surface area contributed by atoms with Gasteiger partial charge in [-0.05, 0) is 82.9 Å². The molecule has 0 aromatic heterocycles. The van der Waals surface area contributed by atoms with Gasteiger partial charge in [-0.1, -0.05) is 0 Å². The minimum atomic E-state index is -0.238. The van der Waals surface area contributed by atoms with Gasteiger partial charge < -0.3 is 19.3 Å². The first-order chi connectivity index (χ1) is 13.7. The quantitative estimate of drug-likeness (QED) is 0.640. The summed E-state index contributed by atoms with van der Waals surface area (Å²) in [6.45, 7) is 8.99. The van der Waals surface area contributed by atoms with Crippen molar-refractivity contribution in [1.29, 1.82) is 0 Å². The molecule has 2 atom stereocenters. The van der Waals surface area contributed by atoms with E-state index in [0.29, 0.717) is 12.6 Å². The molecule has 6 nitrogen and oxygen atoms in total. The second kappa shape index (κ2) is 9.14. The van der Waals surface area contributed by atoms with Crippen LogP contribution in [0.1, 0.15) is 39.0 Å². The smallest absolute Gasteiger partial charge is 0.414 e. The molecule has 0 aliphatic carbocycles. The topological polar surface area (TPSA) is 45.3 Å². The maximum absolute atomic E-state index is 12.3. The number of anilines is 1. The maximum Gasteiger partial charge on any atom is 0.414 e. The average molecular weight is 388 g/mol. The number of carbonyl (C=O) groups excluding carboxylic acids is 1. The number of ether oxygens (including phenoxy) is 2. The minimum Gasteiger partial charge on any atom is -0.494 e. The third-order valence-electron chi connectivity index (χ3n) is 6.29. The molecule has 0 saturated carbocycles. The maximum atomic E-state index is 12.3. The first-order valence-corrected chi connectivity index (χ1v) is 10.9. The zero-order chi connectivity index (χ0) is 19.3. The minimum absolute atomic E-state index is 0.0971. The van der Waals surface area contributed by atoms with Crippen molar-refractivity contribution < 1.29 is 14.3 Å². The van der Waals surface area contributed by atoms with Gasteiger partial charge in [0.2, 0.25) is 0 Å². The molecule has 6 heteroatoms. The lowest BCUT2D eigenvalue weighted by molar-refractivity contribution is 0.176. The lowest BCUT2D eigenvalue weighted by Gasteiger charge is -2.26. The molecule has 2 unspecified atom stereocenters. The van der Waals surface area contributed by atoms with Crippen LogP contribution in [-0.2, 0) is 4.74 Å². The first-order valence-electron chi connectivity index (χ1n) is 10.9. The summed E-state index contributed by atoms with van der Waals surface area (Å²) in [5.41, 5.74) is 0.893. The summed E-state index contributed by atoms with van der Waals surface area (Å²) in [5, 5.41) is 0. The van der Waals surface area contributed by atoms with E-state index in [1.54, 1.807) is 4.90 Å². The van der Waals surface area contributed by atoms with Crippen molar-refractivity contribution in [3.8, 4) is 5.75 Å². The summed E-state index contributed by atoms with van der Waals surface area (Å²) < 4.78 is 11.2. The van der Waals surface area contributed by atoms with Crippen LogP contribution < -0.4 is 9.64 Å². The molecular weight excluding hydrogens is 354 g/mol. The summed E-state index contributed by atoms with van der Waals surface area (Å²) in [5.74, 6) is 0.863. The van der Waals surface area contributed by atoms with Gasteiger partial charge in [-0.25, -0.2) is 4.79 Å². The van der Waals surface area contributed by atoms with Gasteiger partial charge in [-0.15, -0.1) is 0 Å². The molecule has 3 heterocycles. The van der Waals surface area contributed by atoms with E-state index >= 15 is 0 Å². The van der Waals surface area contributed by atoms with E-state index in [1.807, 2.05) is 24.3 Å². The van der Waals surface area contributed by atoms with Gasteiger partial charge in [0.05, 0.1) is 12.6 Å². The van der Waals surface area contributed by atoms with E-state index in [9.17, 15) is 4.79 Å². The number of likely N-dealkylation sites (tertiary alicyclic amines) is 2. The fraction of sp³-hybridized carbons (Fsp3) is 0.682. The van der Waals surface area contributed by atoms with E-state index in [0.717, 1.165) is 50.6 Å². The monoisotopic (exact) mass is 387 g/mol. The summed E-state index contributed by atoms with van der Waals surface area (Å²) in [6.07, 6.45) is 5.95. The lowest BCUT2D eigenvalue weighted by Crippen LogP contribution is -2.42. The van der Waals surface area contributed by atoms with Crippen molar-refractivity contribution in [3.63, 3.8) is 0 Å². The van der Waals surface area contributed by atoms with Gasteiger partial charge >= 0.3 is 6.09 Å². The molecule has 0 spiro atoms. The van der Waals surface area contributed by atoms with Crippen molar-refractivity contribution >= 4 is 11.8 Å². The predicted molar refractivity (Wildman–Crippen MR) is 110 cm³/mol. The molecule has 1 aromatic rings. The van der Waals surface area contributed by atoms with Gasteiger partial charge in [0, 0.05) is 24.8 Å². The Balaban J connectivity index is 1.27. The van der Waals surface area contributed by atoms with Crippen LogP contribution >= 0.6 is 0 Å². The van der Waals surface area contributed by atoms with Crippen LogP contribution in [0.5, 0.6) is 5.75 Å². The first kappa shape index (κ1) is 19.5. The Morgan fingerprint density at radius 1 is 1.11 bits per heavy atom. The highest BCUT2D eigenvalue weighted by Gasteiger charge is 2.35. The Hall–Kier alpha value is -1.79. The Morgan fingerprint density at radius 2 is 1.89 bits per heavy atom. The van der Waals surface area contributed by atoms with E-state index in [1.165, 1.54) is 32.2 Å². The zero-order valence-electron chi connectivity index (χ0n) is 17.0. The number of hydrogen-bond donors (Lipinski definition) is 0. The van der Waals surface area contributed by atoms with Crippen LogP contribution in [0.4, 0.5) is 10.5 Å². The molecule has 0 bridgehead atoms. The van der Waals surface area contributed by atoms with Crippen molar-refractivity contribution in [2.24, 2.45) is 0 Å². The molecular formula is C22H33N3O3. The highest BCUT2D eigenvalue weighted by atomic mass is 16.6. The van der Waals surface area contributed by atoms with Gasteiger partial charge in [0.15, 0.2) is 0 Å². The van der Waals surface area contributed by atoms with Crippen LogP contribution in [-0.4, -0.2) is 73.9 Å². The van der Waals surface area contributed by atoms with Crippen LogP contribution in [0.2, 0.25) is 0 Å². The number of benzene rings is 1. The zero-order valence-corrected chi connectivity index (χ0v) is 17.0. The Morgan fingerprint density at radius 3 is 2.61 bits per heavy atom. The summed E-state index contributed by atoms with van der Waals surface area (Å²) in [7, 11) is 0. The summed E-state index contributed by atoms with van der Waals surface area (Å²) >= 11 is 0. The Kier molecular flexibility index (Phi) is 6.37. The van der Waals surface area contributed by atoms with E-state index in [-0.39, 0.29) is 12.1 Å². The van der Waals surface area contributed by atoms with Crippen molar-refractivity contribution in [3.05, 3.63) is 24.3 Å². The Labute approximate surface area is 168 Å². The van der Waals surface area contributed by atoms with E-state index < -0.39 is 0 Å². The standard InChI is InChI=1S/C22H33N3O3/c1-18-6-4-13-24(18)14-5-15-27-21-9-7-19(8-10-21)25-20(17-28-22(25)26)16-23-11-2-3-12-23/h7-10,18,20H,2-6,11-17H2,1H3. The summed E-state index contributed by atoms with van der Waals surface area (Å²) in [4.78, 5) is 19.0. The number of hydrogen-bond acceptors (Lipinski definition) is 5. The van der Waals surface area contributed by atoms with Crippen LogP contribution in [0, 0.1) is 0 Å². The van der Waals surface area contributed by atoms with Crippen molar-refractivity contribution in [1.82, 2.24) is 9.80 Å². The second-order valence-electron chi connectivity index (χ2n) is 8.33. The molecule has 1 aromatic carbocycles. The molecule has 3 fully saturated rings. The third kappa shape index (κ3) is 4.61. The fourth-order valence-electron chi connectivity index (χ4n) is 4.66. The number of rotatable bonds is 8. The molecule has 3 saturated heterocycles. The molecule has 0 N–H and O–H groups in total. The normalized spacial score (nSPS) is 26.2. The number of amides is 1. The van der Waals surface area contributed by atoms with Crippen molar-refractivity contribution in [2.75, 3.05) is 50.8 Å². The molecule has 1 amide bonds. The molecule has 3 aliphatic rings. The molecule has 154 valence electrons. The predicted octanol–water partition coefficient (Wildman–Crippen LogP) is 3.36. The SMILES string of the molecule is CC1CCCN1CCCOc1ccc(N2C(=O)OCC2CN2CCCC2)cc1. The van der Waals surface area contributed by atoms with Gasteiger partial charge in [0.1, 0.15) is 12.4 Å². The third-order valence-corrected chi connectivity index (χ3v) is 6.29. The van der Waals surface area contributed by atoms with Crippen LogP contribution in [0.25, 0.3) is 0 Å². The van der Waals surface area contributed by atoms with Gasteiger partial charge in [0.25, 0.3) is 0 Å². The second-order valence-corrected chi connectivity index (χ2v) is 8.33. The molecule has 28 heavy (non-hydrogen) atoms. The number of carbonyl (C=O) groups is 1. The van der Waals surface area contributed by atoms with Gasteiger partial charge in [-0.3, -0.25) is 4.90 Å². The van der Waals surface area contributed by atoms with Gasteiger partial charge in [-0.2, -0.15) is 0 Å². The summed E-state index contributed by atoms with van der Waals surface area (Å²) in [6, 6.07) is 8.69.